The first-order valence-corrected chi connectivity index (χ1v) is 6.11. The van der Waals surface area contributed by atoms with Crippen molar-refractivity contribution in [3.63, 3.8) is 0 Å². The summed E-state index contributed by atoms with van der Waals surface area (Å²) in [4.78, 5) is 33.7. The van der Waals surface area contributed by atoms with E-state index < -0.39 is 5.54 Å². The number of nitrogens with one attached hydrogen (secondary N) is 1. The molecular formula is C12H14N4O2. The smallest absolute Gasteiger partial charge is 0.302 e. The molecule has 0 radical (unpaired) electrons. The maximum atomic E-state index is 12.0. The fourth-order valence-electron chi connectivity index (χ4n) is 2.83. The molecule has 3 rings (SSSR count). The van der Waals surface area contributed by atoms with E-state index in [-0.39, 0.29) is 11.9 Å². The Bertz CT molecular complexity index is 482. The lowest BCUT2D eigenvalue weighted by molar-refractivity contribution is -0.126. The topological polar surface area (TPSA) is 75.2 Å². The van der Waals surface area contributed by atoms with E-state index in [1.54, 1.807) is 23.4 Å². The predicted molar refractivity (Wildman–Crippen MR) is 62.3 cm³/mol. The summed E-state index contributed by atoms with van der Waals surface area (Å²) in [5.41, 5.74) is -0.656. The minimum atomic E-state index is -0.656. The van der Waals surface area contributed by atoms with Gasteiger partial charge in [-0.1, -0.05) is 12.8 Å². The van der Waals surface area contributed by atoms with Gasteiger partial charge >= 0.3 is 6.03 Å². The number of carbonyl (C=O) groups excluding carboxylic acids is 2. The van der Waals surface area contributed by atoms with E-state index in [4.69, 9.17) is 0 Å². The fourth-order valence-corrected chi connectivity index (χ4v) is 2.83. The fraction of sp³-hybridized carbons (Fsp3) is 0.500. The molecule has 3 amide bonds. The zero-order valence-corrected chi connectivity index (χ0v) is 9.93. The highest BCUT2D eigenvalue weighted by Crippen LogP contribution is 2.39. The van der Waals surface area contributed by atoms with Crippen molar-refractivity contribution in [3.8, 4) is 0 Å². The average molecular weight is 246 g/mol. The molecule has 18 heavy (non-hydrogen) atoms. The van der Waals surface area contributed by atoms with Crippen LogP contribution in [0.1, 0.15) is 31.5 Å². The second-order valence-electron chi connectivity index (χ2n) is 4.75. The summed E-state index contributed by atoms with van der Waals surface area (Å²) in [5.74, 6) is 0.398. The Balaban J connectivity index is 1.89. The van der Waals surface area contributed by atoms with Crippen LogP contribution in [0.2, 0.25) is 0 Å². The van der Waals surface area contributed by atoms with Gasteiger partial charge in [-0.15, -0.1) is 0 Å². The quantitative estimate of drug-likeness (QED) is 0.785. The summed E-state index contributed by atoms with van der Waals surface area (Å²) in [5, 5.41) is 2.41. The number of hydrogen-bond acceptors (Lipinski definition) is 4. The predicted octanol–water partition coefficient (Wildman–Crippen LogP) is 0.841. The van der Waals surface area contributed by atoms with Gasteiger partial charge in [0.25, 0.3) is 5.91 Å². The lowest BCUT2D eigenvalue weighted by atomic mass is 9.96. The molecule has 1 aromatic rings. The van der Waals surface area contributed by atoms with Crippen molar-refractivity contribution in [2.45, 2.75) is 37.8 Å². The van der Waals surface area contributed by atoms with Crippen molar-refractivity contribution in [3.05, 3.63) is 24.3 Å². The molecule has 0 bridgehead atoms. The van der Waals surface area contributed by atoms with E-state index in [0.717, 1.165) is 25.7 Å². The number of rotatable bonds is 2. The third-order valence-corrected chi connectivity index (χ3v) is 3.75. The van der Waals surface area contributed by atoms with E-state index in [0.29, 0.717) is 12.4 Å². The van der Waals surface area contributed by atoms with Crippen LogP contribution in [0.5, 0.6) is 0 Å². The Kier molecular flexibility index (Phi) is 2.50. The van der Waals surface area contributed by atoms with Gasteiger partial charge in [0.15, 0.2) is 0 Å². The molecule has 2 aliphatic rings. The van der Waals surface area contributed by atoms with Gasteiger partial charge in [-0.25, -0.2) is 14.8 Å². The molecule has 6 heteroatoms. The zero-order chi connectivity index (χ0) is 12.6. The summed E-state index contributed by atoms with van der Waals surface area (Å²) in [7, 11) is 0. The Morgan fingerprint density at radius 3 is 2.56 bits per heavy atom. The molecule has 0 atom stereocenters. The minimum Gasteiger partial charge on any atom is -0.302 e. The van der Waals surface area contributed by atoms with E-state index in [1.807, 2.05) is 0 Å². The van der Waals surface area contributed by atoms with Crippen molar-refractivity contribution < 1.29 is 9.59 Å². The second-order valence-corrected chi connectivity index (χ2v) is 4.75. The minimum absolute atomic E-state index is 0.166. The van der Waals surface area contributed by atoms with Crippen LogP contribution in [-0.4, -0.2) is 32.3 Å². The largest absolute Gasteiger partial charge is 0.325 e. The maximum Gasteiger partial charge on any atom is 0.325 e. The molecule has 2 heterocycles. The normalized spacial score (nSPS) is 21.7. The summed E-state index contributed by atoms with van der Waals surface area (Å²) in [6, 6.07) is 1.40. The zero-order valence-electron chi connectivity index (χ0n) is 9.93. The molecule has 6 nitrogen and oxygen atoms in total. The van der Waals surface area contributed by atoms with Gasteiger partial charge in [-0.05, 0) is 18.9 Å². The Morgan fingerprint density at radius 2 is 1.89 bits per heavy atom. The molecule has 1 N–H and O–H groups in total. The molecular weight excluding hydrogens is 232 g/mol. The molecule has 1 saturated carbocycles. The van der Waals surface area contributed by atoms with Crippen LogP contribution < -0.4 is 5.32 Å². The summed E-state index contributed by atoms with van der Waals surface area (Å²) >= 11 is 0. The molecule has 1 aromatic heterocycles. The molecule has 94 valence electrons. The van der Waals surface area contributed by atoms with Crippen molar-refractivity contribution in [2.24, 2.45) is 0 Å². The van der Waals surface area contributed by atoms with Crippen molar-refractivity contribution in [1.82, 2.24) is 20.2 Å². The molecule has 1 spiro atoms. The standard InChI is InChI=1S/C12H14N4O2/c17-10-12(4-1-2-5-12)16(11(18)15-10)8-9-13-6-3-7-14-9/h3,6-7H,1-2,4-5,8H2,(H,15,17,18). The Labute approximate surface area is 104 Å². The molecule has 1 aliphatic heterocycles. The maximum absolute atomic E-state index is 12.0. The lowest BCUT2D eigenvalue weighted by Crippen LogP contribution is -2.47. The van der Waals surface area contributed by atoms with Crippen LogP contribution in [0.15, 0.2) is 18.5 Å². The van der Waals surface area contributed by atoms with Gasteiger partial charge < -0.3 is 4.90 Å². The lowest BCUT2D eigenvalue weighted by Gasteiger charge is -2.30. The summed E-state index contributed by atoms with van der Waals surface area (Å²) < 4.78 is 0. The number of nitrogens with zero attached hydrogens (tertiary/aromatic N) is 3. The van der Waals surface area contributed by atoms with Gasteiger partial charge in [0.2, 0.25) is 0 Å². The third kappa shape index (κ3) is 1.56. The molecule has 1 aliphatic carbocycles. The molecule has 2 fully saturated rings. The van der Waals surface area contributed by atoms with Gasteiger partial charge in [-0.3, -0.25) is 10.1 Å². The molecule has 0 aromatic carbocycles. The van der Waals surface area contributed by atoms with Gasteiger partial charge in [0.1, 0.15) is 11.4 Å². The molecule has 1 saturated heterocycles. The third-order valence-electron chi connectivity index (χ3n) is 3.75. The highest BCUT2D eigenvalue weighted by molar-refractivity contribution is 6.07. The summed E-state index contributed by atoms with van der Waals surface area (Å²) in [6.45, 7) is 0.290. The summed E-state index contributed by atoms with van der Waals surface area (Å²) in [6.07, 6.45) is 6.70. The number of aromatic nitrogens is 2. The first-order chi connectivity index (χ1) is 8.72. The Morgan fingerprint density at radius 1 is 1.22 bits per heavy atom. The van der Waals surface area contributed by atoms with Crippen LogP contribution in [0, 0.1) is 0 Å². The number of amides is 3. The average Bonchev–Trinajstić information content (AvgIpc) is 2.94. The van der Waals surface area contributed by atoms with Crippen molar-refractivity contribution in [2.75, 3.05) is 0 Å². The highest BCUT2D eigenvalue weighted by Gasteiger charge is 2.54. The van der Waals surface area contributed by atoms with Crippen LogP contribution in [-0.2, 0) is 11.3 Å². The van der Waals surface area contributed by atoms with Crippen molar-refractivity contribution in [1.29, 1.82) is 0 Å². The first-order valence-electron chi connectivity index (χ1n) is 6.11. The number of imide groups is 1. The van der Waals surface area contributed by atoms with E-state index in [1.165, 1.54) is 0 Å². The number of hydrogen-bond donors (Lipinski definition) is 1. The van der Waals surface area contributed by atoms with Crippen LogP contribution >= 0.6 is 0 Å². The number of carbonyl (C=O) groups is 2. The van der Waals surface area contributed by atoms with Crippen LogP contribution in [0.25, 0.3) is 0 Å². The van der Waals surface area contributed by atoms with E-state index in [9.17, 15) is 9.59 Å². The van der Waals surface area contributed by atoms with E-state index in [2.05, 4.69) is 15.3 Å². The first kappa shape index (κ1) is 11.1. The Hall–Kier alpha value is -1.98. The van der Waals surface area contributed by atoms with Crippen molar-refractivity contribution >= 4 is 11.9 Å². The van der Waals surface area contributed by atoms with Gasteiger partial charge in [-0.2, -0.15) is 0 Å². The highest BCUT2D eigenvalue weighted by atomic mass is 16.2. The second kappa shape index (κ2) is 4.04. The van der Waals surface area contributed by atoms with Crippen LogP contribution in [0.3, 0.4) is 0 Å². The number of urea groups is 1. The van der Waals surface area contributed by atoms with Crippen LogP contribution in [0.4, 0.5) is 4.79 Å². The molecule has 0 unspecified atom stereocenters. The van der Waals surface area contributed by atoms with Gasteiger partial charge in [0.05, 0.1) is 6.54 Å². The van der Waals surface area contributed by atoms with Gasteiger partial charge in [0, 0.05) is 12.4 Å². The monoisotopic (exact) mass is 246 g/mol. The van der Waals surface area contributed by atoms with E-state index >= 15 is 0 Å². The SMILES string of the molecule is O=C1NC(=O)C2(CCCC2)N1Cc1ncccn1.